The van der Waals surface area contributed by atoms with Crippen molar-refractivity contribution in [2.24, 2.45) is 0 Å². The first kappa shape index (κ1) is 13.6. The Kier molecular flexibility index (Phi) is 3.76. The van der Waals surface area contributed by atoms with Gasteiger partial charge in [0.2, 0.25) is 0 Å². The number of halogens is 2. The lowest BCUT2D eigenvalue weighted by Gasteiger charge is -2.14. The second kappa shape index (κ2) is 5.54. The molecular weight excluding hydrogens is 342 g/mol. The first-order valence-electron chi connectivity index (χ1n) is 6.24. The molecule has 0 aliphatic carbocycles. The highest BCUT2D eigenvalue weighted by Crippen LogP contribution is 2.37. The fourth-order valence-corrected chi connectivity index (χ4v) is 3.23. The number of rotatable bonds is 3. The van der Waals surface area contributed by atoms with Crippen molar-refractivity contribution in [2.45, 2.75) is 5.92 Å². The Balaban J connectivity index is 1.76. The van der Waals surface area contributed by atoms with Gasteiger partial charge in [-0.2, -0.15) is 0 Å². The van der Waals surface area contributed by atoms with E-state index in [2.05, 4.69) is 22.0 Å². The molecule has 2 N–H and O–H groups in total. The summed E-state index contributed by atoms with van der Waals surface area (Å²) < 4.78 is 12.2. The number of hydrogen-bond acceptors (Lipinski definition) is 3. The molecule has 1 aliphatic heterocycles. The van der Waals surface area contributed by atoms with Crippen molar-refractivity contribution < 1.29 is 9.47 Å². The number of hydrogen-bond donors (Lipinski definition) is 1. The third-order valence-electron chi connectivity index (χ3n) is 3.26. The van der Waals surface area contributed by atoms with E-state index in [0.29, 0.717) is 29.7 Å². The summed E-state index contributed by atoms with van der Waals surface area (Å²) in [6, 6.07) is 11.5. The van der Waals surface area contributed by atoms with Crippen LogP contribution in [0.3, 0.4) is 0 Å². The average Bonchev–Trinajstić information content (AvgIpc) is 2.81. The first-order chi connectivity index (χ1) is 9.65. The number of benzene rings is 2. The second-order valence-electron chi connectivity index (χ2n) is 4.66. The number of para-hydroxylation sites is 1. The molecule has 2 aromatic carbocycles. The quantitative estimate of drug-likeness (QED) is 0.839. The summed E-state index contributed by atoms with van der Waals surface area (Å²) in [4.78, 5) is 0. The lowest BCUT2D eigenvalue weighted by Crippen LogP contribution is -2.12. The van der Waals surface area contributed by atoms with Crippen molar-refractivity contribution >= 4 is 33.2 Å². The highest BCUT2D eigenvalue weighted by molar-refractivity contribution is 9.10. The topological polar surface area (TPSA) is 44.5 Å². The van der Waals surface area contributed by atoms with Gasteiger partial charge < -0.3 is 15.2 Å². The van der Waals surface area contributed by atoms with Crippen molar-refractivity contribution in [3.05, 3.63) is 51.5 Å². The fraction of sp³-hybridized carbons (Fsp3) is 0.200. The number of nitrogens with two attached hydrogens (primary N) is 1. The zero-order valence-electron chi connectivity index (χ0n) is 10.6. The van der Waals surface area contributed by atoms with Gasteiger partial charge in [-0.05, 0) is 34.1 Å². The van der Waals surface area contributed by atoms with Crippen LogP contribution in [0, 0.1) is 0 Å². The minimum absolute atomic E-state index is 0.216. The molecule has 0 saturated heterocycles. The molecule has 0 bridgehead atoms. The minimum atomic E-state index is 0.216. The molecule has 3 nitrogen and oxygen atoms in total. The summed E-state index contributed by atoms with van der Waals surface area (Å²) >= 11 is 9.35. The van der Waals surface area contributed by atoms with Crippen molar-refractivity contribution in [1.82, 2.24) is 0 Å². The highest BCUT2D eigenvalue weighted by Gasteiger charge is 2.24. The van der Waals surface area contributed by atoms with E-state index in [1.165, 1.54) is 5.56 Å². The van der Waals surface area contributed by atoms with Crippen LogP contribution in [-0.4, -0.2) is 13.2 Å². The second-order valence-corrected chi connectivity index (χ2v) is 5.95. The Morgan fingerprint density at radius 3 is 2.95 bits per heavy atom. The minimum Gasteiger partial charge on any atom is -0.493 e. The van der Waals surface area contributed by atoms with E-state index in [4.69, 9.17) is 26.8 Å². The standard InChI is InChI=1S/C15H13BrClNO2/c16-12-5-10(17)6-13(18)15(12)20-8-9-7-19-14-4-2-1-3-11(9)14/h1-6,9H,7-8,18H2. The van der Waals surface area contributed by atoms with E-state index in [1.54, 1.807) is 12.1 Å². The van der Waals surface area contributed by atoms with Gasteiger partial charge in [0.1, 0.15) is 5.75 Å². The largest absolute Gasteiger partial charge is 0.493 e. The molecule has 104 valence electrons. The molecule has 1 aliphatic rings. The molecule has 2 aromatic rings. The maximum Gasteiger partial charge on any atom is 0.156 e. The average molecular weight is 355 g/mol. The van der Waals surface area contributed by atoms with Crippen molar-refractivity contribution in [3.63, 3.8) is 0 Å². The third-order valence-corrected chi connectivity index (χ3v) is 4.07. The Bertz CT molecular complexity index is 625. The van der Waals surface area contributed by atoms with Gasteiger partial charge in [0.25, 0.3) is 0 Å². The van der Waals surface area contributed by atoms with Gasteiger partial charge in [-0.25, -0.2) is 0 Å². The maximum atomic E-state index is 5.93. The SMILES string of the molecule is Nc1cc(Cl)cc(Br)c1OCC1COc2ccccc21. The molecule has 0 spiro atoms. The monoisotopic (exact) mass is 353 g/mol. The normalized spacial score (nSPS) is 16.6. The van der Waals surface area contributed by atoms with Crippen LogP contribution < -0.4 is 15.2 Å². The molecular formula is C15H13BrClNO2. The number of fused-ring (bicyclic) bond motifs is 1. The summed E-state index contributed by atoms with van der Waals surface area (Å²) in [6.45, 7) is 1.14. The van der Waals surface area contributed by atoms with Crippen LogP contribution in [0.5, 0.6) is 11.5 Å². The smallest absolute Gasteiger partial charge is 0.156 e. The van der Waals surface area contributed by atoms with Crippen LogP contribution in [-0.2, 0) is 0 Å². The maximum absolute atomic E-state index is 5.93. The van der Waals surface area contributed by atoms with Crippen LogP contribution in [0.1, 0.15) is 11.5 Å². The molecule has 1 heterocycles. The first-order valence-corrected chi connectivity index (χ1v) is 7.41. The van der Waals surface area contributed by atoms with Crippen molar-refractivity contribution in [1.29, 1.82) is 0 Å². The summed E-state index contributed by atoms with van der Waals surface area (Å²) in [5.41, 5.74) is 7.63. The molecule has 0 fully saturated rings. The molecule has 0 aromatic heterocycles. The summed E-state index contributed by atoms with van der Waals surface area (Å²) in [6.07, 6.45) is 0. The summed E-state index contributed by atoms with van der Waals surface area (Å²) in [5.74, 6) is 1.77. The summed E-state index contributed by atoms with van der Waals surface area (Å²) in [7, 11) is 0. The van der Waals surface area contributed by atoms with E-state index in [0.717, 1.165) is 10.2 Å². The molecule has 1 unspecified atom stereocenters. The van der Waals surface area contributed by atoms with Gasteiger partial charge in [0.05, 0.1) is 29.3 Å². The van der Waals surface area contributed by atoms with Gasteiger partial charge in [0, 0.05) is 10.6 Å². The van der Waals surface area contributed by atoms with Crippen LogP contribution in [0.25, 0.3) is 0 Å². The van der Waals surface area contributed by atoms with E-state index < -0.39 is 0 Å². The van der Waals surface area contributed by atoms with E-state index in [1.807, 2.05) is 18.2 Å². The van der Waals surface area contributed by atoms with Crippen molar-refractivity contribution in [3.8, 4) is 11.5 Å². The molecule has 3 rings (SSSR count). The number of ether oxygens (including phenoxy) is 2. The number of anilines is 1. The fourth-order valence-electron chi connectivity index (χ4n) is 2.28. The van der Waals surface area contributed by atoms with Gasteiger partial charge in [-0.1, -0.05) is 29.8 Å². The van der Waals surface area contributed by atoms with E-state index >= 15 is 0 Å². The Labute approximate surface area is 130 Å². The predicted molar refractivity (Wildman–Crippen MR) is 83.7 cm³/mol. The Morgan fingerprint density at radius 1 is 1.35 bits per heavy atom. The van der Waals surface area contributed by atoms with Gasteiger partial charge in [0.15, 0.2) is 5.75 Å². The van der Waals surface area contributed by atoms with E-state index in [-0.39, 0.29) is 5.92 Å². The lowest BCUT2D eigenvalue weighted by atomic mass is 10.0. The van der Waals surface area contributed by atoms with Crippen LogP contribution in [0.2, 0.25) is 5.02 Å². The highest BCUT2D eigenvalue weighted by atomic mass is 79.9. The van der Waals surface area contributed by atoms with Crippen molar-refractivity contribution in [2.75, 3.05) is 18.9 Å². The van der Waals surface area contributed by atoms with Gasteiger partial charge in [-0.3, -0.25) is 0 Å². The third kappa shape index (κ3) is 2.58. The zero-order chi connectivity index (χ0) is 14.1. The number of nitrogen functional groups attached to an aromatic ring is 1. The summed E-state index contributed by atoms with van der Waals surface area (Å²) in [5, 5.41) is 0.580. The lowest BCUT2D eigenvalue weighted by molar-refractivity contribution is 0.248. The molecule has 20 heavy (non-hydrogen) atoms. The van der Waals surface area contributed by atoms with Gasteiger partial charge >= 0.3 is 0 Å². The Morgan fingerprint density at radius 2 is 2.15 bits per heavy atom. The van der Waals surface area contributed by atoms with Crippen LogP contribution in [0.15, 0.2) is 40.9 Å². The van der Waals surface area contributed by atoms with Crippen LogP contribution in [0.4, 0.5) is 5.69 Å². The molecule has 0 saturated carbocycles. The van der Waals surface area contributed by atoms with Gasteiger partial charge in [-0.15, -0.1) is 0 Å². The van der Waals surface area contributed by atoms with E-state index in [9.17, 15) is 0 Å². The Hall–Kier alpha value is -1.39. The van der Waals surface area contributed by atoms with Crippen LogP contribution >= 0.6 is 27.5 Å². The molecule has 0 amide bonds. The predicted octanol–water partition coefficient (Wildman–Crippen LogP) is 4.24. The molecule has 1 atom stereocenters. The zero-order valence-corrected chi connectivity index (χ0v) is 12.9. The molecule has 0 radical (unpaired) electrons. The molecule has 5 heteroatoms.